The lowest BCUT2D eigenvalue weighted by Crippen LogP contribution is -2.29. The summed E-state index contributed by atoms with van der Waals surface area (Å²) in [5, 5.41) is 0. The van der Waals surface area contributed by atoms with Crippen LogP contribution in [0.2, 0.25) is 0 Å². The Balaban J connectivity index is 1.72. The van der Waals surface area contributed by atoms with Crippen molar-refractivity contribution >= 4 is 40.4 Å². The van der Waals surface area contributed by atoms with E-state index in [1.807, 2.05) is 0 Å². The van der Waals surface area contributed by atoms with Gasteiger partial charge in [-0.3, -0.25) is 9.09 Å². The molecule has 0 bridgehead atoms. The molecule has 0 aliphatic carbocycles. The van der Waals surface area contributed by atoms with Gasteiger partial charge in [0.15, 0.2) is 11.5 Å². The van der Waals surface area contributed by atoms with E-state index >= 15 is 0 Å². The largest absolute Gasteiger partial charge is 0.490 e. The second-order valence-corrected chi connectivity index (χ2v) is 10.8. The maximum absolute atomic E-state index is 12.0. The van der Waals surface area contributed by atoms with E-state index in [9.17, 15) is 23.5 Å². The van der Waals surface area contributed by atoms with Gasteiger partial charge in [0.2, 0.25) is 0 Å². The summed E-state index contributed by atoms with van der Waals surface area (Å²) in [6.45, 7) is -0.842. The molecular formula is C13H18N5O12P3. The first-order valence-electron chi connectivity index (χ1n) is 8.72. The second-order valence-electron chi connectivity index (χ2n) is 6.39. The van der Waals surface area contributed by atoms with Crippen molar-refractivity contribution in [2.75, 3.05) is 18.9 Å². The van der Waals surface area contributed by atoms with Gasteiger partial charge in [-0.1, -0.05) is 5.92 Å². The summed E-state index contributed by atoms with van der Waals surface area (Å²) in [4.78, 5) is 48.1. The number of terminal acetylenes is 1. The number of hydrogen-bond acceptors (Lipinski definition) is 12. The number of nitrogens with two attached hydrogens (primary N) is 1. The SMILES string of the molecule is C#CCO[C@@H]1C[C@H](n2cnc3c(N)ncnc32)OC1COP(=O)(O)OP(=O)(O)OP(=O)(O)O. The molecule has 0 spiro atoms. The minimum absolute atomic E-state index is 0.133. The minimum atomic E-state index is -5.65. The summed E-state index contributed by atoms with van der Waals surface area (Å²) >= 11 is 0. The van der Waals surface area contributed by atoms with Crippen molar-refractivity contribution in [1.82, 2.24) is 19.5 Å². The highest BCUT2D eigenvalue weighted by molar-refractivity contribution is 7.66. The molecule has 0 radical (unpaired) electrons. The highest BCUT2D eigenvalue weighted by Crippen LogP contribution is 2.66. The van der Waals surface area contributed by atoms with E-state index in [0.717, 1.165) is 0 Å². The molecule has 0 aromatic carbocycles. The third-order valence-electron chi connectivity index (χ3n) is 4.08. The number of ether oxygens (including phenoxy) is 2. The van der Waals surface area contributed by atoms with Gasteiger partial charge in [-0.2, -0.15) is 8.62 Å². The molecule has 1 aliphatic rings. The van der Waals surface area contributed by atoms with Crippen molar-refractivity contribution in [3.05, 3.63) is 12.7 Å². The van der Waals surface area contributed by atoms with Crippen LogP contribution in [0, 0.1) is 12.3 Å². The lowest BCUT2D eigenvalue weighted by Gasteiger charge is -2.20. The number of phosphoric acid groups is 3. The molecule has 33 heavy (non-hydrogen) atoms. The van der Waals surface area contributed by atoms with Gasteiger partial charge in [0, 0.05) is 6.42 Å². The van der Waals surface area contributed by atoms with Gasteiger partial charge in [0.1, 0.15) is 30.8 Å². The van der Waals surface area contributed by atoms with E-state index in [4.69, 9.17) is 31.4 Å². The number of nitrogen functional groups attached to an aromatic ring is 1. The number of rotatable bonds is 10. The highest BCUT2D eigenvalue weighted by atomic mass is 31.3. The first kappa shape index (κ1) is 25.9. The number of aromatic nitrogens is 4. The Kier molecular flexibility index (Phi) is 7.72. The van der Waals surface area contributed by atoms with Crippen molar-refractivity contribution < 1.29 is 55.9 Å². The van der Waals surface area contributed by atoms with Gasteiger partial charge in [-0.15, -0.1) is 6.42 Å². The maximum Gasteiger partial charge on any atom is 0.490 e. The van der Waals surface area contributed by atoms with Gasteiger partial charge >= 0.3 is 23.5 Å². The molecule has 1 saturated heterocycles. The number of imidazole rings is 1. The van der Waals surface area contributed by atoms with Crippen molar-refractivity contribution in [2.24, 2.45) is 0 Å². The Morgan fingerprint density at radius 3 is 2.58 bits per heavy atom. The van der Waals surface area contributed by atoms with Crippen LogP contribution in [-0.2, 0) is 36.3 Å². The quantitative estimate of drug-likeness (QED) is 0.201. The van der Waals surface area contributed by atoms with Crippen LogP contribution in [-0.4, -0.2) is 64.5 Å². The summed E-state index contributed by atoms with van der Waals surface area (Å²) in [5.74, 6) is 2.40. The number of hydrogen-bond donors (Lipinski definition) is 5. The zero-order chi connectivity index (χ0) is 24.4. The number of fused-ring (bicyclic) bond motifs is 1. The van der Waals surface area contributed by atoms with Crippen LogP contribution < -0.4 is 5.73 Å². The van der Waals surface area contributed by atoms with Crippen LogP contribution >= 0.6 is 23.5 Å². The van der Waals surface area contributed by atoms with E-state index in [1.165, 1.54) is 17.2 Å². The zero-order valence-electron chi connectivity index (χ0n) is 16.3. The Morgan fingerprint density at radius 1 is 1.18 bits per heavy atom. The van der Waals surface area contributed by atoms with E-state index < -0.39 is 48.5 Å². The topological polar surface area (TPSA) is 248 Å². The van der Waals surface area contributed by atoms with Crippen LogP contribution in [0.3, 0.4) is 0 Å². The van der Waals surface area contributed by atoms with Gasteiger partial charge in [-0.25, -0.2) is 28.6 Å². The van der Waals surface area contributed by atoms with E-state index in [-0.39, 0.29) is 18.8 Å². The predicted octanol–water partition coefficient (Wildman–Crippen LogP) is 0.0577. The van der Waals surface area contributed by atoms with Crippen molar-refractivity contribution in [3.63, 3.8) is 0 Å². The molecule has 1 fully saturated rings. The van der Waals surface area contributed by atoms with Crippen LogP contribution in [0.5, 0.6) is 0 Å². The lowest BCUT2D eigenvalue weighted by atomic mass is 10.2. The smallest absolute Gasteiger partial charge is 0.382 e. The van der Waals surface area contributed by atoms with Crippen LogP contribution in [0.25, 0.3) is 11.2 Å². The zero-order valence-corrected chi connectivity index (χ0v) is 19.0. The average molecular weight is 529 g/mol. The normalized spacial score (nSPS) is 24.9. The molecule has 1 aliphatic heterocycles. The van der Waals surface area contributed by atoms with Crippen molar-refractivity contribution in [2.45, 2.75) is 24.9 Å². The molecule has 6 N–H and O–H groups in total. The van der Waals surface area contributed by atoms with E-state index in [2.05, 4.69) is 34.0 Å². The van der Waals surface area contributed by atoms with Crippen molar-refractivity contribution in [3.8, 4) is 12.3 Å². The summed E-state index contributed by atoms with van der Waals surface area (Å²) in [5.41, 5.74) is 6.43. The molecule has 5 atom stereocenters. The van der Waals surface area contributed by atoms with Gasteiger partial charge in [0.25, 0.3) is 0 Å². The lowest BCUT2D eigenvalue weighted by molar-refractivity contribution is -0.0544. The summed E-state index contributed by atoms with van der Waals surface area (Å²) in [6, 6.07) is 0. The molecule has 0 saturated carbocycles. The van der Waals surface area contributed by atoms with E-state index in [1.54, 1.807) is 0 Å². The molecule has 3 unspecified atom stereocenters. The fourth-order valence-electron chi connectivity index (χ4n) is 2.90. The van der Waals surface area contributed by atoms with E-state index in [0.29, 0.717) is 11.2 Å². The monoisotopic (exact) mass is 529 g/mol. The fourth-order valence-corrected chi connectivity index (χ4v) is 5.93. The first-order valence-corrected chi connectivity index (χ1v) is 13.2. The third-order valence-corrected chi connectivity index (χ3v) is 7.88. The van der Waals surface area contributed by atoms with Crippen molar-refractivity contribution in [1.29, 1.82) is 0 Å². The summed E-state index contributed by atoms with van der Waals surface area (Å²) in [6.07, 6.45) is 5.43. The standard InChI is InChI=1S/C13H18N5O12P3/c1-2-3-26-8-4-10(18-7-17-11-12(14)15-6-16-13(11)18)28-9(8)5-27-32(22,23)30-33(24,25)29-31(19,20)21/h1,6-10H,3-5H2,(H,22,23)(H,24,25)(H2,14,15,16)(H2,19,20,21)/t8-,9?,10-/m1/s1. The van der Waals surface area contributed by atoms with Crippen LogP contribution in [0.4, 0.5) is 5.82 Å². The number of phosphoric ester groups is 1. The summed E-state index contributed by atoms with van der Waals surface area (Å²) < 4.78 is 58.9. The molecule has 182 valence electrons. The molecule has 0 amide bonds. The van der Waals surface area contributed by atoms with Gasteiger partial charge in [0.05, 0.1) is 19.0 Å². The number of nitrogens with zero attached hydrogens (tertiary/aromatic N) is 4. The molecule has 2 aromatic heterocycles. The molecule has 17 nitrogen and oxygen atoms in total. The molecule has 3 rings (SSSR count). The maximum atomic E-state index is 12.0. The van der Waals surface area contributed by atoms with Crippen LogP contribution in [0.1, 0.15) is 12.6 Å². The third kappa shape index (κ3) is 6.87. The second kappa shape index (κ2) is 9.85. The summed E-state index contributed by atoms with van der Waals surface area (Å²) in [7, 11) is -16.5. The number of anilines is 1. The molecular weight excluding hydrogens is 511 g/mol. The Morgan fingerprint density at radius 2 is 1.91 bits per heavy atom. The molecule has 3 heterocycles. The highest BCUT2D eigenvalue weighted by Gasteiger charge is 2.43. The Hall–Kier alpha value is -1.76. The fraction of sp³-hybridized carbons (Fsp3) is 0.462. The van der Waals surface area contributed by atoms with Crippen LogP contribution in [0.15, 0.2) is 12.7 Å². The van der Waals surface area contributed by atoms with Gasteiger partial charge in [-0.05, 0) is 0 Å². The minimum Gasteiger partial charge on any atom is -0.382 e. The predicted molar refractivity (Wildman–Crippen MR) is 107 cm³/mol. The molecule has 20 heteroatoms. The first-order chi connectivity index (χ1) is 15.3. The Labute approximate surface area is 185 Å². The molecule has 2 aromatic rings. The Bertz CT molecular complexity index is 1190. The van der Waals surface area contributed by atoms with Gasteiger partial charge < -0.3 is 34.8 Å². The average Bonchev–Trinajstić information content (AvgIpc) is 3.26.